The predicted octanol–water partition coefficient (Wildman–Crippen LogP) is 2.32. The highest BCUT2D eigenvalue weighted by atomic mass is 35.5. The van der Waals surface area contributed by atoms with Crippen molar-refractivity contribution in [3.63, 3.8) is 0 Å². The molecule has 132 valence electrons. The van der Waals surface area contributed by atoms with Crippen molar-refractivity contribution in [1.29, 1.82) is 0 Å². The highest BCUT2D eigenvalue weighted by Gasteiger charge is 2.57. The third-order valence-corrected chi connectivity index (χ3v) is 6.69. The molecule has 2 aliphatic heterocycles. The molecule has 1 N–H and O–H groups in total. The number of hydrogen-bond donors (Lipinski definition) is 1. The third-order valence-electron chi connectivity index (χ3n) is 4.60. The number of pyridine rings is 1. The van der Waals surface area contributed by atoms with Gasteiger partial charge in [-0.05, 0) is 18.2 Å². The predicted molar refractivity (Wildman–Crippen MR) is 95.7 cm³/mol. The fourth-order valence-electron chi connectivity index (χ4n) is 3.23. The Kier molecular flexibility index (Phi) is 4.16. The molecule has 6 nitrogen and oxygen atoms in total. The number of hydrogen-bond acceptors (Lipinski definition) is 6. The zero-order valence-electron chi connectivity index (χ0n) is 13.0. The third kappa shape index (κ3) is 3.00. The van der Waals surface area contributed by atoms with Crippen LogP contribution >= 0.6 is 23.2 Å². The van der Waals surface area contributed by atoms with Gasteiger partial charge in [-0.1, -0.05) is 41.4 Å². The SMILES string of the molecule is O=S(=O)(O[C@]12CNC1CN(c1cnc(Cl)c(Cl)c1)C2)c1ccccc1. The lowest BCUT2D eigenvalue weighted by atomic mass is 9.90. The van der Waals surface area contributed by atoms with Gasteiger partial charge < -0.3 is 10.2 Å². The first-order valence-electron chi connectivity index (χ1n) is 7.70. The van der Waals surface area contributed by atoms with Gasteiger partial charge in [0.1, 0.15) is 10.8 Å². The van der Waals surface area contributed by atoms with Gasteiger partial charge in [0, 0.05) is 13.1 Å². The van der Waals surface area contributed by atoms with Crippen molar-refractivity contribution >= 4 is 39.0 Å². The van der Waals surface area contributed by atoms with Gasteiger partial charge >= 0.3 is 0 Å². The molecule has 2 fully saturated rings. The number of halogens is 2. The van der Waals surface area contributed by atoms with E-state index in [1.165, 1.54) is 12.1 Å². The number of aromatic nitrogens is 1. The average Bonchev–Trinajstić information content (AvgIpc) is 2.83. The Hall–Kier alpha value is -1.38. The summed E-state index contributed by atoms with van der Waals surface area (Å²) in [5, 5.41) is 3.84. The van der Waals surface area contributed by atoms with E-state index in [0.717, 1.165) is 5.69 Å². The standard InChI is InChI=1S/C16H15Cl2N3O3S/c17-13-6-11(7-19-15(13)18)21-8-14-16(10-21,9-20-14)24-25(22,23)12-4-2-1-3-5-12/h1-7,14,20H,8-10H2/t14?,16-/m0/s1. The molecular weight excluding hydrogens is 385 g/mol. The van der Waals surface area contributed by atoms with Crippen molar-refractivity contribution in [2.75, 3.05) is 24.5 Å². The van der Waals surface area contributed by atoms with Gasteiger partial charge in [-0.15, -0.1) is 0 Å². The zero-order chi connectivity index (χ0) is 17.7. The van der Waals surface area contributed by atoms with Gasteiger partial charge in [-0.2, -0.15) is 8.42 Å². The number of nitrogens with zero attached hydrogens (tertiary/aromatic N) is 2. The summed E-state index contributed by atoms with van der Waals surface area (Å²) in [6.45, 7) is 1.50. The molecule has 2 saturated heterocycles. The number of benzene rings is 1. The summed E-state index contributed by atoms with van der Waals surface area (Å²) in [4.78, 5) is 6.21. The molecule has 1 aromatic heterocycles. The van der Waals surface area contributed by atoms with E-state index in [-0.39, 0.29) is 16.1 Å². The Bertz CT molecular complexity index is 910. The first kappa shape index (κ1) is 17.1. The van der Waals surface area contributed by atoms with Crippen LogP contribution in [0.25, 0.3) is 0 Å². The molecule has 2 aliphatic rings. The van der Waals surface area contributed by atoms with Crippen LogP contribution in [0.2, 0.25) is 10.2 Å². The van der Waals surface area contributed by atoms with Crippen LogP contribution in [0, 0.1) is 0 Å². The van der Waals surface area contributed by atoms with E-state index < -0.39 is 15.7 Å². The maximum atomic E-state index is 12.6. The summed E-state index contributed by atoms with van der Waals surface area (Å²) in [6, 6.07) is 9.81. The number of nitrogens with one attached hydrogen (secondary N) is 1. The second-order valence-electron chi connectivity index (χ2n) is 6.20. The second-order valence-corrected chi connectivity index (χ2v) is 8.51. The van der Waals surface area contributed by atoms with Gasteiger partial charge in [0.15, 0.2) is 0 Å². The lowest BCUT2D eigenvalue weighted by molar-refractivity contribution is 0.00892. The normalized spacial score (nSPS) is 25.5. The fraction of sp³-hybridized carbons (Fsp3) is 0.312. The molecule has 0 aliphatic carbocycles. The minimum Gasteiger partial charge on any atom is -0.365 e. The zero-order valence-corrected chi connectivity index (χ0v) is 15.4. The average molecular weight is 400 g/mol. The molecule has 25 heavy (non-hydrogen) atoms. The number of anilines is 1. The quantitative estimate of drug-likeness (QED) is 0.628. The molecule has 2 aromatic rings. The molecular formula is C16H15Cl2N3O3S. The van der Waals surface area contributed by atoms with Crippen LogP contribution in [-0.4, -0.2) is 44.7 Å². The highest BCUT2D eigenvalue weighted by molar-refractivity contribution is 7.86. The summed E-state index contributed by atoms with van der Waals surface area (Å²) >= 11 is 11.9. The Morgan fingerprint density at radius 1 is 1.28 bits per heavy atom. The van der Waals surface area contributed by atoms with E-state index in [0.29, 0.717) is 24.7 Å². The van der Waals surface area contributed by atoms with E-state index >= 15 is 0 Å². The number of rotatable bonds is 4. The summed E-state index contributed by atoms with van der Waals surface area (Å²) in [7, 11) is -3.83. The Morgan fingerprint density at radius 2 is 2.04 bits per heavy atom. The van der Waals surface area contributed by atoms with Gasteiger partial charge in [-0.3, -0.25) is 4.18 Å². The lowest BCUT2D eigenvalue weighted by Crippen LogP contribution is -2.69. The molecule has 0 radical (unpaired) electrons. The summed E-state index contributed by atoms with van der Waals surface area (Å²) in [5.74, 6) is 0. The highest BCUT2D eigenvalue weighted by Crippen LogP contribution is 2.38. The lowest BCUT2D eigenvalue weighted by Gasteiger charge is -2.43. The van der Waals surface area contributed by atoms with Gasteiger partial charge in [0.05, 0.1) is 34.4 Å². The van der Waals surface area contributed by atoms with Crippen molar-refractivity contribution in [3.05, 3.63) is 52.8 Å². The van der Waals surface area contributed by atoms with E-state index in [2.05, 4.69) is 10.3 Å². The molecule has 1 unspecified atom stereocenters. The first-order valence-corrected chi connectivity index (χ1v) is 9.86. The van der Waals surface area contributed by atoms with Crippen molar-refractivity contribution in [2.45, 2.75) is 16.5 Å². The van der Waals surface area contributed by atoms with Crippen LogP contribution in [0.4, 0.5) is 5.69 Å². The van der Waals surface area contributed by atoms with Crippen molar-refractivity contribution in [2.24, 2.45) is 0 Å². The van der Waals surface area contributed by atoms with Crippen LogP contribution < -0.4 is 10.2 Å². The monoisotopic (exact) mass is 399 g/mol. The maximum Gasteiger partial charge on any atom is 0.297 e. The minimum atomic E-state index is -3.83. The summed E-state index contributed by atoms with van der Waals surface area (Å²) in [6.07, 6.45) is 1.62. The van der Waals surface area contributed by atoms with Crippen LogP contribution in [-0.2, 0) is 14.3 Å². The van der Waals surface area contributed by atoms with Crippen molar-refractivity contribution in [1.82, 2.24) is 10.3 Å². The van der Waals surface area contributed by atoms with Crippen LogP contribution in [0.5, 0.6) is 0 Å². The van der Waals surface area contributed by atoms with E-state index in [4.69, 9.17) is 27.4 Å². The Labute approximate surface area is 155 Å². The molecule has 0 saturated carbocycles. The first-order chi connectivity index (χ1) is 11.9. The molecule has 0 spiro atoms. The fourth-order valence-corrected chi connectivity index (χ4v) is 4.74. The van der Waals surface area contributed by atoms with Crippen LogP contribution in [0.3, 0.4) is 0 Å². The topological polar surface area (TPSA) is 71.5 Å². The molecule has 2 atom stereocenters. The Balaban J connectivity index is 1.58. The Morgan fingerprint density at radius 3 is 2.68 bits per heavy atom. The van der Waals surface area contributed by atoms with E-state index in [1.807, 2.05) is 4.90 Å². The molecule has 1 aromatic carbocycles. The number of fused-ring (bicyclic) bond motifs is 1. The summed E-state index contributed by atoms with van der Waals surface area (Å²) in [5.41, 5.74) is -0.00785. The molecule has 0 bridgehead atoms. The minimum absolute atomic E-state index is 0.0829. The van der Waals surface area contributed by atoms with Gasteiger partial charge in [0.2, 0.25) is 0 Å². The second kappa shape index (κ2) is 6.10. The van der Waals surface area contributed by atoms with E-state index in [1.54, 1.807) is 30.5 Å². The smallest absolute Gasteiger partial charge is 0.297 e. The van der Waals surface area contributed by atoms with Crippen LogP contribution in [0.1, 0.15) is 0 Å². The molecule has 4 rings (SSSR count). The molecule has 0 amide bonds. The maximum absolute atomic E-state index is 12.6. The molecule has 9 heteroatoms. The summed E-state index contributed by atoms with van der Waals surface area (Å²) < 4.78 is 30.9. The van der Waals surface area contributed by atoms with E-state index in [9.17, 15) is 8.42 Å². The van der Waals surface area contributed by atoms with Crippen LogP contribution in [0.15, 0.2) is 47.5 Å². The van der Waals surface area contributed by atoms with Gasteiger partial charge in [0.25, 0.3) is 10.1 Å². The molecule has 3 heterocycles. The van der Waals surface area contributed by atoms with Crippen molar-refractivity contribution < 1.29 is 12.6 Å². The largest absolute Gasteiger partial charge is 0.365 e. The van der Waals surface area contributed by atoms with Crippen molar-refractivity contribution in [3.8, 4) is 0 Å². The van der Waals surface area contributed by atoms with Gasteiger partial charge in [-0.25, -0.2) is 4.98 Å².